The van der Waals surface area contributed by atoms with Crippen molar-refractivity contribution < 1.29 is 15.0 Å². The predicted molar refractivity (Wildman–Crippen MR) is 51.9 cm³/mol. The average molecular weight is 256 g/mol. The number of aromatic hydroxyl groups is 1. The van der Waals surface area contributed by atoms with E-state index in [1.807, 2.05) is 0 Å². The van der Waals surface area contributed by atoms with E-state index in [9.17, 15) is 9.90 Å². The third-order valence-electron chi connectivity index (χ3n) is 1.63. The molecule has 14 heavy (non-hydrogen) atoms. The summed E-state index contributed by atoms with van der Waals surface area (Å²) in [6.45, 7) is 0. The van der Waals surface area contributed by atoms with Crippen LogP contribution in [0.2, 0.25) is 0 Å². The Balaban J connectivity index is 3.19. The lowest BCUT2D eigenvalue weighted by Gasteiger charge is -2.03. The summed E-state index contributed by atoms with van der Waals surface area (Å²) in [5.74, 6) is -1.14. The minimum absolute atomic E-state index is 0.0736. The van der Waals surface area contributed by atoms with Crippen molar-refractivity contribution in [1.29, 1.82) is 5.26 Å². The van der Waals surface area contributed by atoms with E-state index >= 15 is 0 Å². The number of carbonyl (C=O) groups is 1. The molecule has 4 nitrogen and oxygen atoms in total. The maximum Gasteiger partial charge on any atom is 0.307 e. The van der Waals surface area contributed by atoms with Gasteiger partial charge in [0.05, 0.1) is 12.0 Å². The maximum absolute atomic E-state index is 10.4. The molecular weight excluding hydrogens is 250 g/mol. The van der Waals surface area contributed by atoms with Crippen LogP contribution in [0.15, 0.2) is 16.6 Å². The second kappa shape index (κ2) is 4.11. The number of rotatable bonds is 2. The zero-order valence-electron chi connectivity index (χ0n) is 6.99. The number of halogens is 1. The second-order valence-electron chi connectivity index (χ2n) is 2.64. The number of nitriles is 1. The zero-order chi connectivity index (χ0) is 10.7. The molecule has 0 saturated carbocycles. The van der Waals surface area contributed by atoms with Gasteiger partial charge in [-0.3, -0.25) is 4.79 Å². The van der Waals surface area contributed by atoms with Crippen LogP contribution in [0, 0.1) is 11.3 Å². The molecule has 0 fully saturated rings. The van der Waals surface area contributed by atoms with Crippen LogP contribution in [-0.2, 0) is 11.2 Å². The Labute approximate surface area is 88.5 Å². The van der Waals surface area contributed by atoms with Gasteiger partial charge in [-0.1, -0.05) is 15.9 Å². The van der Waals surface area contributed by atoms with Gasteiger partial charge in [-0.15, -0.1) is 0 Å². The molecule has 0 atom stereocenters. The van der Waals surface area contributed by atoms with Crippen molar-refractivity contribution in [2.24, 2.45) is 0 Å². The van der Waals surface area contributed by atoms with Crippen molar-refractivity contribution in [1.82, 2.24) is 0 Å². The average Bonchev–Trinajstić information content (AvgIpc) is 2.09. The Kier molecular flexibility index (Phi) is 3.10. The first-order valence-electron chi connectivity index (χ1n) is 3.68. The van der Waals surface area contributed by atoms with E-state index in [2.05, 4.69) is 15.9 Å². The molecule has 0 amide bonds. The third-order valence-corrected chi connectivity index (χ3v) is 2.37. The van der Waals surface area contributed by atoms with Crippen LogP contribution in [0.25, 0.3) is 0 Å². The summed E-state index contributed by atoms with van der Waals surface area (Å²) < 4.78 is 0.483. The fraction of sp³-hybridized carbons (Fsp3) is 0.111. The van der Waals surface area contributed by atoms with Gasteiger partial charge in [-0.05, 0) is 17.7 Å². The monoisotopic (exact) mass is 255 g/mol. The number of phenols is 1. The summed E-state index contributed by atoms with van der Waals surface area (Å²) in [6, 6.07) is 4.44. The highest BCUT2D eigenvalue weighted by Crippen LogP contribution is 2.26. The van der Waals surface area contributed by atoms with Gasteiger partial charge in [0.25, 0.3) is 0 Å². The SMILES string of the molecule is N#Cc1cc(CC(=O)O)c(Br)cc1O. The first kappa shape index (κ1) is 10.5. The minimum atomic E-state index is -0.986. The largest absolute Gasteiger partial charge is 0.507 e. The number of carboxylic acid groups (broad SMARTS) is 1. The van der Waals surface area contributed by atoms with Crippen LogP contribution < -0.4 is 0 Å². The molecule has 0 aliphatic carbocycles. The Morgan fingerprint density at radius 2 is 2.21 bits per heavy atom. The van der Waals surface area contributed by atoms with Crippen molar-refractivity contribution in [2.75, 3.05) is 0 Å². The molecule has 1 rings (SSSR count). The summed E-state index contributed by atoms with van der Waals surface area (Å²) in [5, 5.41) is 26.4. The molecule has 2 N–H and O–H groups in total. The van der Waals surface area contributed by atoms with Crippen LogP contribution in [0.1, 0.15) is 11.1 Å². The molecule has 0 radical (unpaired) electrons. The Bertz CT molecular complexity index is 423. The lowest BCUT2D eigenvalue weighted by Crippen LogP contribution is -2.01. The van der Waals surface area contributed by atoms with Crippen LogP contribution >= 0.6 is 15.9 Å². The Hall–Kier alpha value is -1.54. The van der Waals surface area contributed by atoms with Gasteiger partial charge in [-0.25, -0.2) is 0 Å². The fourth-order valence-electron chi connectivity index (χ4n) is 0.996. The number of hydrogen-bond donors (Lipinski definition) is 2. The van der Waals surface area contributed by atoms with Crippen molar-refractivity contribution >= 4 is 21.9 Å². The normalized spacial score (nSPS) is 9.43. The summed E-state index contributed by atoms with van der Waals surface area (Å²) in [6.07, 6.45) is -0.185. The predicted octanol–water partition coefficient (Wildman–Crippen LogP) is 1.65. The molecule has 0 spiro atoms. The molecule has 72 valence electrons. The van der Waals surface area contributed by atoms with Gasteiger partial charge < -0.3 is 10.2 Å². The molecule has 0 unspecified atom stereocenters. The van der Waals surface area contributed by atoms with Gasteiger partial charge >= 0.3 is 5.97 Å². The van der Waals surface area contributed by atoms with Crippen molar-refractivity contribution in [3.05, 3.63) is 27.7 Å². The van der Waals surface area contributed by atoms with E-state index in [0.29, 0.717) is 10.0 Å². The van der Waals surface area contributed by atoms with E-state index in [4.69, 9.17) is 10.4 Å². The van der Waals surface area contributed by atoms with Gasteiger partial charge in [-0.2, -0.15) is 5.26 Å². The highest BCUT2D eigenvalue weighted by Gasteiger charge is 2.09. The van der Waals surface area contributed by atoms with Crippen molar-refractivity contribution in [3.63, 3.8) is 0 Å². The molecule has 1 aromatic carbocycles. The van der Waals surface area contributed by atoms with Crippen LogP contribution in [-0.4, -0.2) is 16.2 Å². The summed E-state index contributed by atoms with van der Waals surface area (Å²) in [4.78, 5) is 10.4. The summed E-state index contributed by atoms with van der Waals surface area (Å²) in [5.41, 5.74) is 0.538. The highest BCUT2D eigenvalue weighted by molar-refractivity contribution is 9.10. The maximum atomic E-state index is 10.4. The summed E-state index contributed by atoms with van der Waals surface area (Å²) in [7, 11) is 0. The van der Waals surface area contributed by atoms with E-state index in [0.717, 1.165) is 0 Å². The van der Waals surface area contributed by atoms with E-state index < -0.39 is 5.97 Å². The molecule has 0 heterocycles. The number of aliphatic carboxylic acids is 1. The van der Waals surface area contributed by atoms with Crippen LogP contribution in [0.4, 0.5) is 0 Å². The van der Waals surface area contributed by atoms with Crippen molar-refractivity contribution in [2.45, 2.75) is 6.42 Å². The highest BCUT2D eigenvalue weighted by atomic mass is 79.9. The first-order valence-corrected chi connectivity index (χ1v) is 4.47. The van der Waals surface area contributed by atoms with E-state index in [1.54, 1.807) is 6.07 Å². The van der Waals surface area contributed by atoms with Crippen LogP contribution in [0.3, 0.4) is 0 Å². The standard InChI is InChI=1S/C9H6BrNO3/c10-7-3-8(12)6(4-11)1-5(7)2-9(13)14/h1,3,12H,2H2,(H,13,14). The Morgan fingerprint density at radius 1 is 1.57 bits per heavy atom. The number of phenolic OH excluding ortho intramolecular Hbond substituents is 1. The number of hydrogen-bond acceptors (Lipinski definition) is 3. The van der Waals surface area contributed by atoms with Gasteiger partial charge in [0.1, 0.15) is 11.8 Å². The van der Waals surface area contributed by atoms with Gasteiger partial charge in [0.2, 0.25) is 0 Å². The number of benzene rings is 1. The topological polar surface area (TPSA) is 81.3 Å². The quantitative estimate of drug-likeness (QED) is 0.842. The number of nitrogens with zero attached hydrogens (tertiary/aromatic N) is 1. The van der Waals surface area contributed by atoms with Gasteiger partial charge in [0.15, 0.2) is 0 Å². The molecule has 0 aromatic heterocycles. The summed E-state index contributed by atoms with van der Waals surface area (Å²) >= 11 is 3.11. The van der Waals surface area contributed by atoms with E-state index in [1.165, 1.54) is 12.1 Å². The lowest BCUT2D eigenvalue weighted by atomic mass is 10.1. The van der Waals surface area contributed by atoms with E-state index in [-0.39, 0.29) is 17.7 Å². The molecule has 0 aliphatic rings. The molecule has 1 aromatic rings. The minimum Gasteiger partial charge on any atom is -0.507 e. The fourth-order valence-corrected chi connectivity index (χ4v) is 1.47. The smallest absolute Gasteiger partial charge is 0.307 e. The molecular formula is C9H6BrNO3. The lowest BCUT2D eigenvalue weighted by molar-refractivity contribution is -0.136. The molecule has 5 heteroatoms. The second-order valence-corrected chi connectivity index (χ2v) is 3.50. The Morgan fingerprint density at radius 3 is 2.71 bits per heavy atom. The molecule has 0 bridgehead atoms. The zero-order valence-corrected chi connectivity index (χ0v) is 8.58. The number of carboxylic acids is 1. The van der Waals surface area contributed by atoms with Crippen molar-refractivity contribution in [3.8, 4) is 11.8 Å². The third kappa shape index (κ3) is 2.24. The van der Waals surface area contributed by atoms with Crippen LogP contribution in [0.5, 0.6) is 5.75 Å². The molecule has 0 aliphatic heterocycles. The van der Waals surface area contributed by atoms with Gasteiger partial charge in [0, 0.05) is 4.47 Å². The molecule has 0 saturated heterocycles. The first-order chi connectivity index (χ1) is 6.54.